The molecule has 0 saturated carbocycles. The third kappa shape index (κ3) is 2.38. The molecule has 1 aliphatic heterocycles. The second-order valence-electron chi connectivity index (χ2n) is 4.36. The van der Waals surface area contributed by atoms with E-state index in [4.69, 9.17) is 4.74 Å². The van der Waals surface area contributed by atoms with E-state index in [1.807, 2.05) is 0 Å². The fraction of sp³-hybridized carbons (Fsp3) is 0.636. The molecule has 8 heteroatoms. The van der Waals surface area contributed by atoms with Crippen molar-refractivity contribution in [3.05, 3.63) is 16.4 Å². The largest absolute Gasteiger partial charge is 0.464 e. The quantitative estimate of drug-likeness (QED) is 0.457. The third-order valence-corrected chi connectivity index (χ3v) is 3.14. The smallest absolute Gasteiger partial charge is 0.406 e. The van der Waals surface area contributed by atoms with E-state index in [2.05, 4.69) is 4.98 Å². The molecule has 2 heterocycles. The maximum absolute atomic E-state index is 11.9. The number of anilines is 1. The minimum atomic E-state index is -0.532. The zero-order chi connectivity index (χ0) is 14.0. The molecule has 1 fully saturated rings. The molecule has 0 aliphatic carbocycles. The van der Waals surface area contributed by atoms with E-state index in [1.165, 1.54) is 6.33 Å². The van der Waals surface area contributed by atoms with Crippen molar-refractivity contribution < 1.29 is 14.5 Å². The molecular formula is C11H16N4O4. The van der Waals surface area contributed by atoms with Crippen molar-refractivity contribution in [2.45, 2.75) is 25.8 Å². The van der Waals surface area contributed by atoms with Crippen LogP contribution in [0.1, 0.15) is 19.8 Å². The number of carbonyl (C=O) groups is 1. The Kier molecular flexibility index (Phi) is 3.68. The molecule has 1 aromatic rings. The number of rotatable bonds is 4. The highest BCUT2D eigenvalue weighted by molar-refractivity contribution is 5.81. The standard InChI is InChI=1S/C11H16N4O4/c1-3-19-11(16)8-5-4-6-14(8)10-9(15(17)18)12-7-13(10)2/h7-8H,3-6H2,1-2H3. The number of hydrogen-bond donors (Lipinski definition) is 0. The number of nitrogens with zero attached hydrogens (tertiary/aromatic N) is 4. The maximum Gasteiger partial charge on any atom is 0.406 e. The Balaban J connectivity index is 2.32. The fourth-order valence-corrected chi connectivity index (χ4v) is 2.37. The normalized spacial score (nSPS) is 18.6. The van der Waals surface area contributed by atoms with Crippen molar-refractivity contribution in [1.29, 1.82) is 0 Å². The summed E-state index contributed by atoms with van der Waals surface area (Å²) in [6, 6.07) is -0.464. The van der Waals surface area contributed by atoms with Gasteiger partial charge in [-0.3, -0.25) is 4.57 Å². The zero-order valence-electron chi connectivity index (χ0n) is 10.9. The average Bonchev–Trinajstić information content (AvgIpc) is 2.94. The predicted octanol–water partition coefficient (Wildman–Crippen LogP) is 0.860. The summed E-state index contributed by atoms with van der Waals surface area (Å²) >= 11 is 0. The van der Waals surface area contributed by atoms with Crippen molar-refractivity contribution in [3.63, 3.8) is 0 Å². The summed E-state index contributed by atoms with van der Waals surface area (Å²) in [4.78, 5) is 27.8. The average molecular weight is 268 g/mol. The first-order valence-electron chi connectivity index (χ1n) is 6.15. The number of carbonyl (C=O) groups excluding carboxylic acids is 1. The summed E-state index contributed by atoms with van der Waals surface area (Å²) in [5.74, 6) is -0.199. The van der Waals surface area contributed by atoms with Crippen LogP contribution in [0.25, 0.3) is 0 Å². The van der Waals surface area contributed by atoms with Gasteiger partial charge in [0, 0.05) is 13.6 Å². The summed E-state index contributed by atoms with van der Waals surface area (Å²) in [7, 11) is 1.68. The number of imidazole rings is 1. The molecule has 0 radical (unpaired) electrons. The first kappa shape index (κ1) is 13.3. The van der Waals surface area contributed by atoms with E-state index in [0.29, 0.717) is 25.4 Å². The monoisotopic (exact) mass is 268 g/mol. The number of aromatic nitrogens is 2. The van der Waals surface area contributed by atoms with Crippen LogP contribution in [0.15, 0.2) is 6.33 Å². The molecule has 0 N–H and O–H groups in total. The van der Waals surface area contributed by atoms with Gasteiger partial charge in [0.25, 0.3) is 0 Å². The molecule has 1 aliphatic rings. The number of esters is 1. The minimum absolute atomic E-state index is 0.223. The van der Waals surface area contributed by atoms with Gasteiger partial charge in [0.05, 0.1) is 6.61 Å². The number of hydrogen-bond acceptors (Lipinski definition) is 6. The second-order valence-corrected chi connectivity index (χ2v) is 4.36. The highest BCUT2D eigenvalue weighted by Gasteiger charge is 2.38. The SMILES string of the molecule is CCOC(=O)C1CCCN1c1c([N+](=O)[O-])ncn1C. The first-order chi connectivity index (χ1) is 9.06. The van der Waals surface area contributed by atoms with Gasteiger partial charge in [-0.15, -0.1) is 0 Å². The molecule has 2 rings (SSSR count). The van der Waals surface area contributed by atoms with E-state index < -0.39 is 11.0 Å². The van der Waals surface area contributed by atoms with Gasteiger partial charge in [-0.05, 0) is 29.7 Å². The van der Waals surface area contributed by atoms with E-state index in [-0.39, 0.29) is 11.8 Å². The lowest BCUT2D eigenvalue weighted by atomic mass is 10.2. The molecule has 0 bridgehead atoms. The van der Waals surface area contributed by atoms with Gasteiger partial charge in [0.2, 0.25) is 12.1 Å². The van der Waals surface area contributed by atoms with Gasteiger partial charge in [-0.25, -0.2) is 4.79 Å². The molecule has 8 nitrogen and oxygen atoms in total. The Bertz CT molecular complexity index is 499. The van der Waals surface area contributed by atoms with E-state index >= 15 is 0 Å². The Labute approximate surface area is 110 Å². The van der Waals surface area contributed by atoms with Crippen molar-refractivity contribution in [3.8, 4) is 0 Å². The maximum atomic E-state index is 11.9. The van der Waals surface area contributed by atoms with Crippen LogP contribution in [0, 0.1) is 10.1 Å². The van der Waals surface area contributed by atoms with Crippen LogP contribution in [0.3, 0.4) is 0 Å². The predicted molar refractivity (Wildman–Crippen MR) is 66.9 cm³/mol. The molecule has 1 unspecified atom stereocenters. The van der Waals surface area contributed by atoms with E-state index in [0.717, 1.165) is 6.42 Å². The van der Waals surface area contributed by atoms with Gasteiger partial charge in [0.1, 0.15) is 6.04 Å². The van der Waals surface area contributed by atoms with Crippen LogP contribution >= 0.6 is 0 Å². The van der Waals surface area contributed by atoms with Crippen LogP contribution in [-0.2, 0) is 16.6 Å². The van der Waals surface area contributed by atoms with Crippen LogP contribution < -0.4 is 4.90 Å². The van der Waals surface area contributed by atoms with Crippen molar-refractivity contribution in [2.24, 2.45) is 7.05 Å². The number of aryl methyl sites for hydroxylation is 1. The minimum Gasteiger partial charge on any atom is -0.464 e. The Morgan fingerprint density at radius 1 is 1.68 bits per heavy atom. The lowest BCUT2D eigenvalue weighted by Crippen LogP contribution is -2.38. The summed E-state index contributed by atoms with van der Waals surface area (Å²) < 4.78 is 6.58. The molecule has 1 saturated heterocycles. The Morgan fingerprint density at radius 3 is 3.05 bits per heavy atom. The van der Waals surface area contributed by atoms with Crippen molar-refractivity contribution in [1.82, 2.24) is 9.55 Å². The number of nitro groups is 1. The summed E-state index contributed by atoms with van der Waals surface area (Å²) in [6.45, 7) is 2.63. The molecule has 1 aromatic heterocycles. The van der Waals surface area contributed by atoms with Gasteiger partial charge in [-0.1, -0.05) is 0 Å². The van der Waals surface area contributed by atoms with E-state index in [1.54, 1.807) is 23.4 Å². The lowest BCUT2D eigenvalue weighted by Gasteiger charge is -2.23. The molecule has 0 amide bonds. The van der Waals surface area contributed by atoms with Crippen LogP contribution in [0.2, 0.25) is 0 Å². The van der Waals surface area contributed by atoms with Crippen LogP contribution in [0.5, 0.6) is 0 Å². The Morgan fingerprint density at radius 2 is 2.42 bits per heavy atom. The second kappa shape index (κ2) is 5.25. The molecule has 104 valence electrons. The Hall–Kier alpha value is -2.12. The highest BCUT2D eigenvalue weighted by atomic mass is 16.6. The highest BCUT2D eigenvalue weighted by Crippen LogP contribution is 2.32. The number of ether oxygens (including phenoxy) is 1. The summed E-state index contributed by atoms with van der Waals surface area (Å²) in [6.07, 6.45) is 2.82. The van der Waals surface area contributed by atoms with E-state index in [9.17, 15) is 14.9 Å². The van der Waals surface area contributed by atoms with Crippen molar-refractivity contribution in [2.75, 3.05) is 18.1 Å². The van der Waals surface area contributed by atoms with Gasteiger partial charge in [-0.2, -0.15) is 0 Å². The van der Waals surface area contributed by atoms with Gasteiger partial charge in [0.15, 0.2) is 0 Å². The summed E-state index contributed by atoms with van der Waals surface area (Å²) in [5, 5.41) is 11.0. The molecule has 1 atom stereocenters. The van der Waals surface area contributed by atoms with Gasteiger partial charge < -0.3 is 19.8 Å². The molecule has 19 heavy (non-hydrogen) atoms. The fourth-order valence-electron chi connectivity index (χ4n) is 2.37. The molecule has 0 spiro atoms. The first-order valence-corrected chi connectivity index (χ1v) is 6.15. The topological polar surface area (TPSA) is 90.5 Å². The van der Waals surface area contributed by atoms with Crippen molar-refractivity contribution >= 4 is 17.6 Å². The lowest BCUT2D eigenvalue weighted by molar-refractivity contribution is -0.388. The zero-order valence-corrected chi connectivity index (χ0v) is 10.9. The molecule has 0 aromatic carbocycles. The van der Waals surface area contributed by atoms with Crippen LogP contribution in [-0.4, -0.2) is 39.6 Å². The molecular weight excluding hydrogens is 252 g/mol. The third-order valence-electron chi connectivity index (χ3n) is 3.14. The van der Waals surface area contributed by atoms with Crippen LogP contribution in [0.4, 0.5) is 11.6 Å². The summed E-state index contributed by atoms with van der Waals surface area (Å²) in [5.41, 5.74) is 0. The van der Waals surface area contributed by atoms with Gasteiger partial charge >= 0.3 is 11.8 Å².